The molecule has 1 atom stereocenters. The lowest BCUT2D eigenvalue weighted by Crippen LogP contribution is -2.53. The van der Waals surface area contributed by atoms with E-state index >= 15 is 0 Å². The van der Waals surface area contributed by atoms with Crippen molar-refractivity contribution in [3.8, 4) is 0 Å². The fraction of sp³-hybridized carbons (Fsp3) is 0.941. The molecule has 0 saturated carbocycles. The highest BCUT2D eigenvalue weighted by Gasteiger charge is 2.20. The predicted molar refractivity (Wildman–Crippen MR) is 99.8 cm³/mol. The van der Waals surface area contributed by atoms with Crippen LogP contribution in [-0.2, 0) is 4.74 Å². The van der Waals surface area contributed by atoms with Crippen molar-refractivity contribution in [3.05, 3.63) is 0 Å². The van der Waals surface area contributed by atoms with Gasteiger partial charge in [-0.3, -0.25) is 14.8 Å². The number of hydrogen-bond donors (Lipinski definition) is 2. The first-order chi connectivity index (χ1) is 11.7. The number of guanidine groups is 1. The minimum absolute atomic E-state index is 0.529. The maximum Gasteiger partial charge on any atom is 0.191 e. The van der Waals surface area contributed by atoms with E-state index in [2.05, 4.69) is 44.2 Å². The SMILES string of the molecule is CCN1CCN([C@@H](C)CNC(=NC)NCCN2CCOCC2)CC1. The molecule has 7 nitrogen and oxygen atoms in total. The Morgan fingerprint density at radius 2 is 1.75 bits per heavy atom. The van der Waals surface area contributed by atoms with Crippen LogP contribution in [0.1, 0.15) is 13.8 Å². The summed E-state index contributed by atoms with van der Waals surface area (Å²) in [6.45, 7) is 17.1. The summed E-state index contributed by atoms with van der Waals surface area (Å²) < 4.78 is 5.38. The molecule has 2 aliphatic rings. The van der Waals surface area contributed by atoms with Crippen LogP contribution < -0.4 is 10.6 Å². The lowest BCUT2D eigenvalue weighted by molar-refractivity contribution is 0.0389. The second kappa shape index (κ2) is 10.9. The smallest absolute Gasteiger partial charge is 0.191 e. The van der Waals surface area contributed by atoms with Crippen molar-refractivity contribution in [1.29, 1.82) is 0 Å². The molecule has 0 unspecified atom stereocenters. The lowest BCUT2D eigenvalue weighted by atomic mass is 10.2. The van der Waals surface area contributed by atoms with Gasteiger partial charge in [-0.2, -0.15) is 0 Å². The van der Waals surface area contributed by atoms with Gasteiger partial charge in [0, 0.05) is 72.0 Å². The van der Waals surface area contributed by atoms with Crippen LogP contribution in [0.4, 0.5) is 0 Å². The average molecular weight is 341 g/mol. The molecule has 2 aliphatic heterocycles. The highest BCUT2D eigenvalue weighted by atomic mass is 16.5. The minimum atomic E-state index is 0.529. The van der Waals surface area contributed by atoms with E-state index in [1.54, 1.807) is 0 Å². The largest absolute Gasteiger partial charge is 0.379 e. The van der Waals surface area contributed by atoms with Crippen molar-refractivity contribution in [1.82, 2.24) is 25.3 Å². The number of nitrogens with zero attached hydrogens (tertiary/aromatic N) is 4. The molecule has 2 heterocycles. The quantitative estimate of drug-likeness (QED) is 0.482. The molecule has 0 aromatic heterocycles. The Kier molecular flexibility index (Phi) is 8.80. The van der Waals surface area contributed by atoms with Gasteiger partial charge in [0.25, 0.3) is 0 Å². The minimum Gasteiger partial charge on any atom is -0.379 e. The molecule has 7 heteroatoms. The van der Waals surface area contributed by atoms with Crippen LogP contribution in [0.15, 0.2) is 4.99 Å². The van der Waals surface area contributed by atoms with Crippen molar-refractivity contribution in [2.75, 3.05) is 85.7 Å². The first-order valence-electron chi connectivity index (χ1n) is 9.44. The Labute approximate surface area is 147 Å². The number of likely N-dealkylation sites (N-methyl/N-ethyl adjacent to an activating group) is 1. The molecular formula is C17H36N6O. The number of nitrogens with one attached hydrogen (secondary N) is 2. The third-order valence-electron chi connectivity index (χ3n) is 5.09. The first kappa shape index (κ1) is 19.4. The molecule has 0 spiro atoms. The van der Waals surface area contributed by atoms with E-state index in [1.807, 2.05) is 7.05 Å². The summed E-state index contributed by atoms with van der Waals surface area (Å²) in [6.07, 6.45) is 0. The van der Waals surface area contributed by atoms with Gasteiger partial charge in [-0.1, -0.05) is 6.92 Å². The monoisotopic (exact) mass is 340 g/mol. The van der Waals surface area contributed by atoms with Crippen molar-refractivity contribution in [2.24, 2.45) is 4.99 Å². The van der Waals surface area contributed by atoms with Gasteiger partial charge in [-0.25, -0.2) is 0 Å². The third kappa shape index (κ3) is 6.55. The summed E-state index contributed by atoms with van der Waals surface area (Å²) in [5, 5.41) is 6.89. The van der Waals surface area contributed by atoms with E-state index in [0.717, 1.165) is 51.9 Å². The summed E-state index contributed by atoms with van der Waals surface area (Å²) >= 11 is 0. The van der Waals surface area contributed by atoms with E-state index in [9.17, 15) is 0 Å². The Bertz CT molecular complexity index is 364. The van der Waals surface area contributed by atoms with E-state index in [0.29, 0.717) is 6.04 Å². The third-order valence-corrected chi connectivity index (χ3v) is 5.09. The normalized spacial score (nSPS) is 23.2. The molecule has 0 aromatic carbocycles. The van der Waals surface area contributed by atoms with Gasteiger partial charge < -0.3 is 20.3 Å². The number of aliphatic imine (C=N–C) groups is 1. The maximum absolute atomic E-state index is 5.38. The molecule has 140 valence electrons. The van der Waals surface area contributed by atoms with E-state index in [1.165, 1.54) is 32.7 Å². The van der Waals surface area contributed by atoms with Gasteiger partial charge in [0.1, 0.15) is 0 Å². The highest BCUT2D eigenvalue weighted by molar-refractivity contribution is 5.79. The van der Waals surface area contributed by atoms with Crippen LogP contribution in [0.5, 0.6) is 0 Å². The van der Waals surface area contributed by atoms with Crippen LogP contribution in [-0.4, -0.2) is 112 Å². The van der Waals surface area contributed by atoms with Crippen molar-refractivity contribution in [3.63, 3.8) is 0 Å². The zero-order chi connectivity index (χ0) is 17.2. The zero-order valence-corrected chi connectivity index (χ0v) is 15.8. The van der Waals surface area contributed by atoms with Crippen LogP contribution in [0.25, 0.3) is 0 Å². The van der Waals surface area contributed by atoms with Crippen molar-refractivity contribution < 1.29 is 4.74 Å². The van der Waals surface area contributed by atoms with Crippen LogP contribution in [0.2, 0.25) is 0 Å². The van der Waals surface area contributed by atoms with E-state index < -0.39 is 0 Å². The molecular weight excluding hydrogens is 304 g/mol. The van der Waals surface area contributed by atoms with Gasteiger partial charge in [0.05, 0.1) is 13.2 Å². The lowest BCUT2D eigenvalue weighted by Gasteiger charge is -2.37. The van der Waals surface area contributed by atoms with Gasteiger partial charge in [-0.15, -0.1) is 0 Å². The fourth-order valence-electron chi connectivity index (χ4n) is 3.27. The average Bonchev–Trinajstić information content (AvgIpc) is 2.65. The highest BCUT2D eigenvalue weighted by Crippen LogP contribution is 2.05. The zero-order valence-electron chi connectivity index (χ0n) is 15.8. The summed E-state index contributed by atoms with van der Waals surface area (Å²) in [5.41, 5.74) is 0. The second-order valence-corrected chi connectivity index (χ2v) is 6.65. The molecule has 24 heavy (non-hydrogen) atoms. The number of ether oxygens (including phenoxy) is 1. The van der Waals surface area contributed by atoms with Crippen LogP contribution in [0.3, 0.4) is 0 Å². The summed E-state index contributed by atoms with van der Waals surface area (Å²) in [6, 6.07) is 0.529. The summed E-state index contributed by atoms with van der Waals surface area (Å²) in [7, 11) is 1.84. The Morgan fingerprint density at radius 1 is 1.04 bits per heavy atom. The van der Waals surface area contributed by atoms with Crippen LogP contribution in [0, 0.1) is 0 Å². The summed E-state index contributed by atoms with van der Waals surface area (Å²) in [4.78, 5) is 11.9. The standard InChI is InChI=1S/C17H36N6O/c1-4-21-7-9-23(10-8-21)16(2)15-20-17(18-3)19-5-6-22-11-13-24-14-12-22/h16H,4-15H2,1-3H3,(H2,18,19,20)/t16-/m0/s1. The number of morpholine rings is 1. The molecule has 0 aromatic rings. The molecule has 2 rings (SSSR count). The summed E-state index contributed by atoms with van der Waals surface area (Å²) in [5.74, 6) is 0.905. The van der Waals surface area contributed by atoms with E-state index in [-0.39, 0.29) is 0 Å². The number of piperazine rings is 1. The fourth-order valence-corrected chi connectivity index (χ4v) is 3.27. The molecule has 0 amide bonds. The molecule has 2 saturated heterocycles. The maximum atomic E-state index is 5.38. The van der Waals surface area contributed by atoms with Gasteiger partial charge in [0.2, 0.25) is 0 Å². The molecule has 0 aliphatic carbocycles. The first-order valence-corrected chi connectivity index (χ1v) is 9.44. The van der Waals surface area contributed by atoms with Crippen molar-refractivity contribution in [2.45, 2.75) is 19.9 Å². The number of rotatable bonds is 7. The molecule has 2 fully saturated rings. The Hall–Kier alpha value is -0.890. The Morgan fingerprint density at radius 3 is 2.38 bits per heavy atom. The van der Waals surface area contributed by atoms with Gasteiger partial charge in [-0.05, 0) is 13.5 Å². The van der Waals surface area contributed by atoms with Crippen LogP contribution >= 0.6 is 0 Å². The Balaban J connectivity index is 1.60. The second-order valence-electron chi connectivity index (χ2n) is 6.65. The topological polar surface area (TPSA) is 55.4 Å². The molecule has 0 bridgehead atoms. The van der Waals surface area contributed by atoms with Crippen molar-refractivity contribution >= 4 is 5.96 Å². The predicted octanol–water partition coefficient (Wildman–Crippen LogP) is -0.490. The van der Waals surface area contributed by atoms with Gasteiger partial charge in [0.15, 0.2) is 5.96 Å². The molecule has 0 radical (unpaired) electrons. The van der Waals surface area contributed by atoms with Gasteiger partial charge >= 0.3 is 0 Å². The van der Waals surface area contributed by atoms with E-state index in [4.69, 9.17) is 4.74 Å². The number of hydrogen-bond acceptors (Lipinski definition) is 5. The molecule has 2 N–H and O–H groups in total.